The molecule has 1 fully saturated rings. The van der Waals surface area contributed by atoms with Gasteiger partial charge in [0.15, 0.2) is 5.78 Å². The zero-order valence-corrected chi connectivity index (χ0v) is 63.6. The molecule has 0 radical (unpaired) electrons. The van der Waals surface area contributed by atoms with Crippen molar-refractivity contribution < 1.29 is 128 Å². The maximum absolute atomic E-state index is 14.6. The van der Waals surface area contributed by atoms with Gasteiger partial charge in [-0.25, -0.2) is 29.2 Å². The summed E-state index contributed by atoms with van der Waals surface area (Å²) in [6.45, 7) is -1.72. The summed E-state index contributed by atoms with van der Waals surface area (Å²) in [7, 11) is 0. The molecule has 4 rings (SSSR count). The number of carboxylic acid groups (broad SMARTS) is 8. The number of urea groups is 1. The lowest BCUT2D eigenvalue weighted by atomic mass is 9.91. The molecular formula is C71H92IN13O28. The normalized spacial score (nSPS) is 14.8. The average Bonchev–Trinajstić information content (AvgIpc) is 0.821. The average molecular weight is 1700 g/mol. The van der Waals surface area contributed by atoms with Gasteiger partial charge in [-0.2, -0.15) is 0 Å². The van der Waals surface area contributed by atoms with Gasteiger partial charge in [-0.15, -0.1) is 0 Å². The first-order valence-corrected chi connectivity index (χ1v) is 36.9. The molecule has 42 heteroatoms. The van der Waals surface area contributed by atoms with Crippen LogP contribution in [0.1, 0.15) is 124 Å². The smallest absolute Gasteiger partial charge is 0.350 e. The Morgan fingerprint density at radius 1 is 0.513 bits per heavy atom. The maximum Gasteiger partial charge on any atom is 0.350 e. The quantitative estimate of drug-likeness (QED) is 0.00963. The van der Waals surface area contributed by atoms with Crippen LogP contribution >= 0.6 is 22.6 Å². The van der Waals surface area contributed by atoms with Gasteiger partial charge in [-0.1, -0.05) is 49.2 Å². The van der Waals surface area contributed by atoms with Gasteiger partial charge in [0, 0.05) is 116 Å². The number of nitro groups is 2. The van der Waals surface area contributed by atoms with E-state index >= 15 is 0 Å². The van der Waals surface area contributed by atoms with Crippen LogP contribution in [0.3, 0.4) is 0 Å². The van der Waals surface area contributed by atoms with Crippen LogP contribution in [-0.2, 0) is 75.2 Å². The second kappa shape index (κ2) is 49.1. The minimum Gasteiger partial charge on any atom is -0.507 e. The number of carboxylic acids is 8. The molecule has 7 amide bonds. The largest absolute Gasteiger partial charge is 0.507 e. The molecule has 0 spiro atoms. The zero-order chi connectivity index (χ0) is 83.9. The first-order chi connectivity index (χ1) is 53.5. The van der Waals surface area contributed by atoms with Crippen molar-refractivity contribution in [3.8, 4) is 5.75 Å². The minimum absolute atomic E-state index is 0.0172. The van der Waals surface area contributed by atoms with Gasteiger partial charge in [0.1, 0.15) is 41.3 Å². The third-order valence-corrected chi connectivity index (χ3v) is 18.6. The number of hydrogen-bond donors (Lipinski definition) is 14. The van der Waals surface area contributed by atoms with Crippen molar-refractivity contribution in [1.29, 1.82) is 0 Å². The molecule has 14 N–H and O–H groups in total. The van der Waals surface area contributed by atoms with Crippen LogP contribution in [0.2, 0.25) is 0 Å². The molecule has 1 unspecified atom stereocenters. The molecular weight excluding hydrogens is 1610 g/mol. The molecule has 3 aromatic rings. The van der Waals surface area contributed by atoms with E-state index in [4.69, 9.17) is 5.11 Å². The van der Waals surface area contributed by atoms with Crippen LogP contribution in [-0.4, -0.2) is 285 Å². The van der Waals surface area contributed by atoms with E-state index in [9.17, 15) is 133 Å². The first-order valence-electron chi connectivity index (χ1n) is 35.8. The fourth-order valence-electron chi connectivity index (χ4n) is 11.8. The number of amides is 7. The third kappa shape index (κ3) is 36.1. The standard InChI is InChI=1S/C71H92IN13O28/c72-48-35-44(17-22-56(48)86)37-52(75-59(89)23-21-54(70(107)108)83-33-31-81(41-62(94)95)29-27-80(40-61(92)93)28-30-82(32-34-83)42-63(96)97)65(99)77-53(36-43-11-3-1-4-12-43)66(100)76-49(67(101)102)14-8-10-26-74-64(98)45(38-57(87)47-19-18-46(84(110)111)39-55(47)85(112)113)13-5-2-6-16-58(88)73-25-9-7-15-50(68(103)104)78-71(109)79-51(69(105)106)20-24-60(90)91/h1,3-4,11-12,17-19,22,35,39,45,50-51,53-54,86H,2,5-10,13-16,20-21,23-34,36-38,40-42H2,(H,73,88)(H,74,98)(H,77,99)(H,90,91)(H,92,93)(H,94,95)(H,96,97)(H,101,102)(H,103,104)(H,105,106)(H,107,108)(H2,78,79,109)/b75-52+,76-49-/t45-,50+,51+,53-,54?/m1/s1. The molecule has 1 saturated heterocycles. The van der Waals surface area contributed by atoms with Crippen LogP contribution < -0.4 is 26.6 Å². The van der Waals surface area contributed by atoms with Crippen LogP contribution in [0.5, 0.6) is 5.75 Å². The number of halogens is 1. The summed E-state index contributed by atoms with van der Waals surface area (Å²) in [5, 5.41) is 124. The fraction of sp³-hybridized carbons (Fsp3) is 0.507. The number of aliphatic carboxylic acids is 8. The van der Waals surface area contributed by atoms with Crippen molar-refractivity contribution in [1.82, 2.24) is 46.2 Å². The Balaban J connectivity index is 1.49. The highest BCUT2D eigenvalue weighted by molar-refractivity contribution is 14.1. The summed E-state index contributed by atoms with van der Waals surface area (Å²) < 4.78 is 0.317. The Hall–Kier alpha value is -11.4. The number of aromatic hydroxyl groups is 1. The fourth-order valence-corrected chi connectivity index (χ4v) is 12.4. The molecule has 0 saturated carbocycles. The number of Topliss-reactive ketones (excluding diaryl/α,β-unsaturated/α-hetero) is 1. The van der Waals surface area contributed by atoms with E-state index in [-0.39, 0.29) is 135 Å². The summed E-state index contributed by atoms with van der Waals surface area (Å²) >= 11 is 1.81. The van der Waals surface area contributed by atoms with Gasteiger partial charge in [0.2, 0.25) is 17.7 Å². The monoisotopic (exact) mass is 1700 g/mol. The molecule has 1 aliphatic heterocycles. The molecule has 3 aromatic carbocycles. The molecule has 41 nitrogen and oxygen atoms in total. The van der Waals surface area contributed by atoms with E-state index in [1.54, 1.807) is 30.3 Å². The van der Waals surface area contributed by atoms with Crippen LogP contribution in [0.4, 0.5) is 16.2 Å². The Labute approximate surface area is 659 Å². The Bertz CT molecular complexity index is 3940. The lowest BCUT2D eigenvalue weighted by Crippen LogP contribution is -2.51. The zero-order valence-electron chi connectivity index (χ0n) is 61.4. The number of benzene rings is 3. The number of rotatable bonds is 48. The van der Waals surface area contributed by atoms with Crippen LogP contribution in [0.25, 0.3) is 0 Å². The highest BCUT2D eigenvalue weighted by atomic mass is 127. The number of nitrogens with one attached hydrogen (secondary N) is 5. The van der Waals surface area contributed by atoms with Gasteiger partial charge in [0.25, 0.3) is 23.2 Å². The number of unbranched alkanes of at least 4 members (excludes halogenated alkanes) is 4. The number of nitro benzene ring substituents is 2. The minimum atomic E-state index is -1.65. The van der Waals surface area contributed by atoms with Gasteiger partial charge >= 0.3 is 53.8 Å². The van der Waals surface area contributed by atoms with E-state index in [1.165, 1.54) is 37.8 Å². The summed E-state index contributed by atoms with van der Waals surface area (Å²) in [6.07, 6.45) is -2.95. The van der Waals surface area contributed by atoms with Crippen molar-refractivity contribution in [3.05, 3.63) is 107 Å². The van der Waals surface area contributed by atoms with Crippen molar-refractivity contribution in [2.75, 3.05) is 85.1 Å². The van der Waals surface area contributed by atoms with Crippen molar-refractivity contribution >= 4 is 134 Å². The van der Waals surface area contributed by atoms with Gasteiger partial charge in [-0.3, -0.25) is 92.6 Å². The van der Waals surface area contributed by atoms with E-state index in [2.05, 4.69) is 31.3 Å². The highest BCUT2D eigenvalue weighted by Gasteiger charge is 2.33. The summed E-state index contributed by atoms with van der Waals surface area (Å²) in [6, 6.07) is 7.26. The van der Waals surface area contributed by atoms with Crippen LogP contribution in [0.15, 0.2) is 76.7 Å². The van der Waals surface area contributed by atoms with Crippen LogP contribution in [0, 0.1) is 29.7 Å². The number of non-ortho nitro benzene ring substituents is 1. The van der Waals surface area contributed by atoms with E-state index in [1.807, 2.05) is 27.9 Å². The van der Waals surface area contributed by atoms with Crippen molar-refractivity contribution in [2.24, 2.45) is 15.9 Å². The Kier molecular flexibility index (Phi) is 40.8. The first kappa shape index (κ1) is 94.0. The van der Waals surface area contributed by atoms with Gasteiger partial charge in [0.05, 0.1) is 44.7 Å². The van der Waals surface area contributed by atoms with Crippen molar-refractivity contribution in [2.45, 2.75) is 140 Å². The van der Waals surface area contributed by atoms with E-state index < -0.39 is 222 Å². The lowest BCUT2D eigenvalue weighted by molar-refractivity contribution is -0.394. The summed E-state index contributed by atoms with van der Waals surface area (Å²) in [5.74, 6) is -17.7. The molecule has 113 heavy (non-hydrogen) atoms. The van der Waals surface area contributed by atoms with E-state index in [0.29, 0.717) is 27.2 Å². The van der Waals surface area contributed by atoms with Crippen molar-refractivity contribution in [3.63, 3.8) is 0 Å². The SMILES string of the molecule is O=C(O)CC[C@H](NC(=O)N[C@@H](CCCCNC(=O)CCCCC[C@H](CC(=O)c1ccc([N+](=O)[O-])cc1[N+](=O)[O-])C(=O)NCCCC/C(=N/C(=O)[C@@H](Cc1ccccc1)NC(=O)/C(Cc1ccc(O)c(I)c1)=N/C(=O)CCC(C(=O)O)N1CCN(CC(=O)O)CCN(CC(=O)O)CCN(CC(=O)O)CC1)C(=O)O)C(=O)O)C(=O)O. The van der Waals surface area contributed by atoms with Gasteiger partial charge < -0.3 is 72.5 Å². The van der Waals surface area contributed by atoms with E-state index in [0.717, 1.165) is 12.1 Å². The second-order valence-corrected chi connectivity index (χ2v) is 27.5. The number of phenols is 1. The number of nitrogens with zero attached hydrogens (tertiary/aromatic N) is 8. The van der Waals surface area contributed by atoms with Gasteiger partial charge in [-0.05, 0) is 116 Å². The molecule has 1 heterocycles. The Morgan fingerprint density at radius 2 is 1.07 bits per heavy atom. The maximum atomic E-state index is 14.6. The number of phenolic OH excluding ortho intramolecular Hbond substituents is 1. The molecule has 1 aliphatic rings. The molecule has 0 aromatic heterocycles. The highest BCUT2D eigenvalue weighted by Crippen LogP contribution is 2.29. The molecule has 5 atom stereocenters. The number of carbonyl (C=O) groups excluding carboxylic acids is 7. The molecule has 616 valence electrons. The Morgan fingerprint density at radius 3 is 1.61 bits per heavy atom. The lowest BCUT2D eigenvalue weighted by Gasteiger charge is -2.35. The predicted molar refractivity (Wildman–Crippen MR) is 404 cm³/mol. The molecule has 0 bridgehead atoms. The summed E-state index contributed by atoms with van der Waals surface area (Å²) in [4.78, 5) is 227. The molecule has 0 aliphatic carbocycles. The topological polar surface area (TPSA) is 622 Å². The number of carbonyl (C=O) groups is 15. The second-order valence-electron chi connectivity index (χ2n) is 26.3. The summed E-state index contributed by atoms with van der Waals surface area (Å²) in [5.41, 5.74) is -2.55. The number of ketones is 1. The number of hydrogen-bond acceptors (Lipinski definition) is 24. The predicted octanol–water partition coefficient (Wildman–Crippen LogP) is 2.29. The number of aliphatic imine (C=N–C) groups is 2. The third-order valence-electron chi connectivity index (χ3n) is 17.8.